The molecule has 0 unspecified atom stereocenters. The second kappa shape index (κ2) is 7.92. The summed E-state index contributed by atoms with van der Waals surface area (Å²) < 4.78 is 2.05. The lowest BCUT2D eigenvalue weighted by molar-refractivity contribution is -0.120. The number of thioether (sulfide) groups is 1. The molecule has 138 valence electrons. The monoisotopic (exact) mass is 379 g/mol. The molecule has 1 aliphatic rings. The first-order chi connectivity index (χ1) is 13.2. The van der Waals surface area contributed by atoms with Crippen molar-refractivity contribution in [3.8, 4) is 11.4 Å². The van der Waals surface area contributed by atoms with Crippen LogP contribution in [0.3, 0.4) is 0 Å². The molecule has 3 aromatic rings. The van der Waals surface area contributed by atoms with Gasteiger partial charge in [0.15, 0.2) is 11.0 Å². The maximum atomic E-state index is 12.3. The molecule has 7 heteroatoms. The Kier molecular flexibility index (Phi) is 5.20. The Bertz CT molecular complexity index is 909. The highest BCUT2D eigenvalue weighted by Crippen LogP contribution is 2.28. The fourth-order valence-corrected chi connectivity index (χ4v) is 3.61. The highest BCUT2D eigenvalue weighted by atomic mass is 32.2. The van der Waals surface area contributed by atoms with Crippen LogP contribution in [0, 0.1) is 0 Å². The summed E-state index contributed by atoms with van der Waals surface area (Å²) in [5.41, 5.74) is 2.06. The van der Waals surface area contributed by atoms with Gasteiger partial charge in [0, 0.05) is 24.0 Å². The zero-order valence-electron chi connectivity index (χ0n) is 15.1. The van der Waals surface area contributed by atoms with Crippen molar-refractivity contribution in [1.82, 2.24) is 25.1 Å². The number of aromatic nitrogens is 4. The Hall–Kier alpha value is -2.67. The first kappa shape index (κ1) is 17.7. The highest BCUT2D eigenvalue weighted by Gasteiger charge is 2.27. The van der Waals surface area contributed by atoms with Gasteiger partial charge in [0.05, 0.1) is 11.8 Å². The molecule has 27 heavy (non-hydrogen) atoms. The van der Waals surface area contributed by atoms with Crippen molar-refractivity contribution in [1.29, 1.82) is 0 Å². The normalized spacial score (nSPS) is 14.7. The number of nitrogens with zero attached hydrogens (tertiary/aromatic N) is 4. The second-order valence-electron chi connectivity index (χ2n) is 6.66. The number of benzene rings is 1. The zero-order valence-corrected chi connectivity index (χ0v) is 15.9. The van der Waals surface area contributed by atoms with Crippen LogP contribution in [0.25, 0.3) is 11.4 Å². The zero-order chi connectivity index (χ0) is 18.6. The number of carbonyl (C=O) groups is 1. The highest BCUT2D eigenvalue weighted by molar-refractivity contribution is 8.00. The predicted octanol–water partition coefficient (Wildman–Crippen LogP) is 3.15. The Labute approximate surface area is 162 Å². The molecule has 2 aromatic heterocycles. The van der Waals surface area contributed by atoms with Crippen molar-refractivity contribution >= 4 is 17.7 Å². The standard InChI is InChI=1S/C20H21N5OS/c1-14(19(26)22-17-9-10-17)27-20-24-23-18(16-8-5-11-21-12-16)25(20)13-15-6-3-2-4-7-15/h2-8,11-12,14,17H,9-10,13H2,1H3,(H,22,26)/t14-/m1/s1. The number of hydrogen-bond donors (Lipinski definition) is 1. The van der Waals surface area contributed by atoms with Crippen LogP contribution < -0.4 is 5.32 Å². The fourth-order valence-electron chi connectivity index (χ4n) is 2.75. The third kappa shape index (κ3) is 4.36. The smallest absolute Gasteiger partial charge is 0.233 e. The summed E-state index contributed by atoms with van der Waals surface area (Å²) in [7, 11) is 0. The summed E-state index contributed by atoms with van der Waals surface area (Å²) in [6.07, 6.45) is 5.68. The summed E-state index contributed by atoms with van der Waals surface area (Å²) in [5.74, 6) is 0.809. The molecule has 1 fully saturated rings. The topological polar surface area (TPSA) is 72.7 Å². The third-order valence-electron chi connectivity index (χ3n) is 4.40. The van der Waals surface area contributed by atoms with Gasteiger partial charge in [0.2, 0.25) is 5.91 Å². The number of pyridine rings is 1. The number of nitrogens with one attached hydrogen (secondary N) is 1. The second-order valence-corrected chi connectivity index (χ2v) is 7.97. The molecule has 1 saturated carbocycles. The molecule has 1 amide bonds. The number of hydrogen-bond acceptors (Lipinski definition) is 5. The van der Waals surface area contributed by atoms with Crippen molar-refractivity contribution < 1.29 is 4.79 Å². The van der Waals surface area contributed by atoms with Crippen LogP contribution in [0.1, 0.15) is 25.3 Å². The van der Waals surface area contributed by atoms with Gasteiger partial charge >= 0.3 is 0 Å². The number of rotatable bonds is 7. The van der Waals surface area contributed by atoms with Gasteiger partial charge in [-0.05, 0) is 37.5 Å². The first-order valence-electron chi connectivity index (χ1n) is 9.05. The maximum absolute atomic E-state index is 12.3. The Balaban J connectivity index is 1.62. The summed E-state index contributed by atoms with van der Waals surface area (Å²) in [6.45, 7) is 2.55. The van der Waals surface area contributed by atoms with Gasteiger partial charge in [0.25, 0.3) is 0 Å². The Morgan fingerprint density at radius 1 is 1.22 bits per heavy atom. The predicted molar refractivity (Wildman–Crippen MR) is 105 cm³/mol. The average molecular weight is 379 g/mol. The van der Waals surface area contributed by atoms with Gasteiger partial charge < -0.3 is 5.32 Å². The number of carbonyl (C=O) groups excluding carboxylic acids is 1. The fraction of sp³-hybridized carbons (Fsp3) is 0.300. The van der Waals surface area contributed by atoms with E-state index in [1.54, 1.807) is 12.4 Å². The van der Waals surface area contributed by atoms with E-state index in [0.717, 1.165) is 34.9 Å². The summed E-state index contributed by atoms with van der Waals surface area (Å²) in [5, 5.41) is 12.3. The average Bonchev–Trinajstić information content (AvgIpc) is 3.44. The summed E-state index contributed by atoms with van der Waals surface area (Å²) in [6, 6.07) is 14.4. The molecule has 1 aromatic carbocycles. The van der Waals surface area contributed by atoms with Crippen molar-refractivity contribution in [2.75, 3.05) is 0 Å². The van der Waals surface area contributed by atoms with Crippen molar-refractivity contribution in [3.05, 3.63) is 60.4 Å². The van der Waals surface area contributed by atoms with Gasteiger partial charge in [-0.25, -0.2) is 0 Å². The summed E-state index contributed by atoms with van der Waals surface area (Å²) >= 11 is 1.44. The molecule has 2 heterocycles. The largest absolute Gasteiger partial charge is 0.352 e. The van der Waals surface area contributed by atoms with Crippen molar-refractivity contribution in [2.24, 2.45) is 0 Å². The van der Waals surface area contributed by atoms with Crippen LogP contribution in [-0.2, 0) is 11.3 Å². The van der Waals surface area contributed by atoms with Gasteiger partial charge in [-0.3, -0.25) is 14.3 Å². The molecular formula is C20H21N5OS. The number of amides is 1. The SMILES string of the molecule is C[C@@H](Sc1nnc(-c2cccnc2)n1Cc1ccccc1)C(=O)NC1CC1. The van der Waals surface area contributed by atoms with E-state index in [0.29, 0.717) is 12.6 Å². The van der Waals surface area contributed by atoms with Gasteiger partial charge in [-0.2, -0.15) is 0 Å². The molecule has 0 aliphatic heterocycles. The minimum Gasteiger partial charge on any atom is -0.352 e. The van der Waals surface area contributed by atoms with Gasteiger partial charge in [-0.1, -0.05) is 42.1 Å². The molecule has 0 bridgehead atoms. The quantitative estimate of drug-likeness (QED) is 0.639. The third-order valence-corrected chi connectivity index (χ3v) is 5.48. The van der Waals surface area contributed by atoms with Crippen LogP contribution in [0.15, 0.2) is 60.0 Å². The first-order valence-corrected chi connectivity index (χ1v) is 9.93. The molecule has 1 aliphatic carbocycles. The van der Waals surface area contributed by atoms with E-state index in [1.165, 1.54) is 11.8 Å². The molecule has 4 rings (SSSR count). The molecular weight excluding hydrogens is 358 g/mol. The minimum atomic E-state index is -0.230. The van der Waals surface area contributed by atoms with Crippen molar-refractivity contribution in [3.63, 3.8) is 0 Å². The molecule has 0 spiro atoms. The van der Waals surface area contributed by atoms with Crippen LogP contribution in [0.2, 0.25) is 0 Å². The van der Waals surface area contributed by atoms with Crippen LogP contribution in [0.4, 0.5) is 0 Å². The van der Waals surface area contributed by atoms with E-state index in [4.69, 9.17) is 0 Å². The van der Waals surface area contributed by atoms with E-state index in [2.05, 4.69) is 37.2 Å². The molecule has 6 nitrogen and oxygen atoms in total. The lowest BCUT2D eigenvalue weighted by Crippen LogP contribution is -2.32. The van der Waals surface area contributed by atoms with E-state index >= 15 is 0 Å². The van der Waals surface area contributed by atoms with Crippen LogP contribution in [0.5, 0.6) is 0 Å². The van der Waals surface area contributed by atoms with E-state index < -0.39 is 0 Å². The summed E-state index contributed by atoms with van der Waals surface area (Å²) in [4.78, 5) is 16.5. The van der Waals surface area contributed by atoms with Gasteiger partial charge in [0.1, 0.15) is 0 Å². The van der Waals surface area contributed by atoms with E-state index in [-0.39, 0.29) is 11.2 Å². The molecule has 0 saturated heterocycles. The van der Waals surface area contributed by atoms with Crippen LogP contribution >= 0.6 is 11.8 Å². The van der Waals surface area contributed by atoms with E-state index in [1.807, 2.05) is 37.3 Å². The molecule has 0 radical (unpaired) electrons. The Morgan fingerprint density at radius 3 is 2.74 bits per heavy atom. The van der Waals surface area contributed by atoms with Gasteiger partial charge in [-0.15, -0.1) is 10.2 Å². The lowest BCUT2D eigenvalue weighted by Gasteiger charge is -2.13. The molecule has 1 N–H and O–H groups in total. The molecule has 1 atom stereocenters. The van der Waals surface area contributed by atoms with Crippen molar-refractivity contribution in [2.45, 2.75) is 42.8 Å². The van der Waals surface area contributed by atoms with Crippen LogP contribution in [-0.4, -0.2) is 36.9 Å². The Morgan fingerprint density at radius 2 is 2.04 bits per heavy atom. The minimum absolute atomic E-state index is 0.0553. The lowest BCUT2D eigenvalue weighted by atomic mass is 10.2. The maximum Gasteiger partial charge on any atom is 0.233 e. The van der Waals surface area contributed by atoms with E-state index in [9.17, 15) is 4.79 Å².